The third-order valence-corrected chi connectivity index (χ3v) is 4.75. The van der Waals surface area contributed by atoms with Crippen molar-refractivity contribution < 1.29 is 28.5 Å². The Morgan fingerprint density at radius 3 is 2.57 bits per heavy atom. The molecule has 1 N–H and O–H groups in total. The molecule has 7 heteroatoms. The van der Waals surface area contributed by atoms with Crippen molar-refractivity contribution in [1.29, 1.82) is 0 Å². The van der Waals surface area contributed by atoms with Gasteiger partial charge in [0, 0.05) is 6.42 Å². The lowest BCUT2D eigenvalue weighted by molar-refractivity contribution is -0.125. The maximum Gasteiger partial charge on any atom is 0.338 e. The Morgan fingerprint density at radius 2 is 1.83 bits per heavy atom. The van der Waals surface area contributed by atoms with Gasteiger partial charge in [0.15, 0.2) is 18.1 Å². The van der Waals surface area contributed by atoms with Gasteiger partial charge in [-0.2, -0.15) is 0 Å². The second-order valence-electron chi connectivity index (χ2n) is 7.35. The zero-order valence-corrected chi connectivity index (χ0v) is 17.5. The molecule has 2 aromatic rings. The van der Waals surface area contributed by atoms with Crippen LogP contribution < -0.4 is 19.5 Å². The number of hydrogen-bond acceptors (Lipinski definition) is 6. The van der Waals surface area contributed by atoms with Gasteiger partial charge in [-0.15, -0.1) is 0 Å². The standard InChI is InChI=1S/C23H27NO6/c1-15(2)22(16-8-9-19-20(13-16)29-11-5-10-28-19)24-21(25)14-30-23(26)17-6-4-7-18(12-17)27-3/h4,6-9,12-13,15,22H,5,10-11,14H2,1-3H3,(H,24,25)/t22-/m1/s1. The molecule has 3 rings (SSSR count). The molecule has 1 aliphatic rings. The van der Waals surface area contributed by atoms with Gasteiger partial charge in [0.1, 0.15) is 5.75 Å². The Labute approximate surface area is 176 Å². The number of amides is 1. The Kier molecular flexibility index (Phi) is 7.17. The topological polar surface area (TPSA) is 83.1 Å². The Bertz CT molecular complexity index is 895. The third-order valence-electron chi connectivity index (χ3n) is 4.75. The van der Waals surface area contributed by atoms with Gasteiger partial charge in [0.25, 0.3) is 5.91 Å². The number of rotatable bonds is 7. The first kappa shape index (κ1) is 21.5. The molecule has 0 radical (unpaired) electrons. The van der Waals surface area contributed by atoms with E-state index in [1.165, 1.54) is 7.11 Å². The van der Waals surface area contributed by atoms with E-state index >= 15 is 0 Å². The molecule has 2 aromatic carbocycles. The fourth-order valence-electron chi connectivity index (χ4n) is 3.19. The van der Waals surface area contributed by atoms with E-state index in [-0.39, 0.29) is 24.5 Å². The van der Waals surface area contributed by atoms with E-state index < -0.39 is 5.97 Å². The van der Waals surface area contributed by atoms with Gasteiger partial charge in [-0.3, -0.25) is 4.79 Å². The molecule has 1 atom stereocenters. The monoisotopic (exact) mass is 413 g/mol. The van der Waals surface area contributed by atoms with Crippen LogP contribution in [0, 0.1) is 5.92 Å². The van der Waals surface area contributed by atoms with Crippen molar-refractivity contribution in [3.63, 3.8) is 0 Å². The number of esters is 1. The van der Waals surface area contributed by atoms with Gasteiger partial charge < -0.3 is 24.3 Å². The fraction of sp³-hybridized carbons (Fsp3) is 0.391. The molecule has 1 aliphatic heterocycles. The molecule has 7 nitrogen and oxygen atoms in total. The molecule has 1 amide bonds. The highest BCUT2D eigenvalue weighted by Crippen LogP contribution is 2.34. The smallest absolute Gasteiger partial charge is 0.338 e. The maximum absolute atomic E-state index is 12.5. The summed E-state index contributed by atoms with van der Waals surface area (Å²) in [5, 5.41) is 2.95. The summed E-state index contributed by atoms with van der Waals surface area (Å²) >= 11 is 0. The normalized spacial score (nSPS) is 13.9. The number of benzene rings is 2. The van der Waals surface area contributed by atoms with Gasteiger partial charge >= 0.3 is 5.97 Å². The van der Waals surface area contributed by atoms with Crippen LogP contribution in [0.3, 0.4) is 0 Å². The molecular formula is C23H27NO6. The first-order chi connectivity index (χ1) is 14.5. The molecule has 160 valence electrons. The highest BCUT2D eigenvalue weighted by Gasteiger charge is 2.22. The quantitative estimate of drug-likeness (QED) is 0.700. The molecule has 0 saturated heterocycles. The number of carbonyl (C=O) groups excluding carboxylic acids is 2. The van der Waals surface area contributed by atoms with Gasteiger partial charge in [-0.25, -0.2) is 4.79 Å². The van der Waals surface area contributed by atoms with Gasteiger partial charge in [-0.05, 0) is 41.8 Å². The highest BCUT2D eigenvalue weighted by molar-refractivity contribution is 5.91. The van der Waals surface area contributed by atoms with Crippen LogP contribution >= 0.6 is 0 Å². The summed E-state index contributed by atoms with van der Waals surface area (Å²) in [5.74, 6) is 1.08. The van der Waals surface area contributed by atoms with E-state index in [4.69, 9.17) is 18.9 Å². The molecular weight excluding hydrogens is 386 g/mol. The second-order valence-corrected chi connectivity index (χ2v) is 7.35. The SMILES string of the molecule is COc1cccc(C(=O)OCC(=O)N[C@@H](c2ccc3c(c2)OCCCO3)C(C)C)c1. The van der Waals surface area contributed by atoms with Crippen LogP contribution in [0.4, 0.5) is 0 Å². The summed E-state index contributed by atoms with van der Waals surface area (Å²) in [7, 11) is 1.52. The second kappa shape index (κ2) is 10.0. The number of methoxy groups -OCH3 is 1. The minimum Gasteiger partial charge on any atom is -0.497 e. The summed E-state index contributed by atoms with van der Waals surface area (Å²) in [6.07, 6.45) is 0.826. The number of fused-ring (bicyclic) bond motifs is 1. The summed E-state index contributed by atoms with van der Waals surface area (Å²) in [6, 6.07) is 12.0. The van der Waals surface area contributed by atoms with Crippen LogP contribution in [0.5, 0.6) is 17.2 Å². The Hall–Kier alpha value is -3.22. The van der Waals surface area contributed by atoms with E-state index in [1.807, 2.05) is 32.0 Å². The zero-order chi connectivity index (χ0) is 21.5. The van der Waals surface area contributed by atoms with E-state index in [1.54, 1.807) is 24.3 Å². The summed E-state index contributed by atoms with van der Waals surface area (Å²) in [6.45, 7) is 4.86. The number of nitrogens with one attached hydrogen (secondary N) is 1. The summed E-state index contributed by atoms with van der Waals surface area (Å²) in [5.41, 5.74) is 1.23. The van der Waals surface area contributed by atoms with E-state index in [0.717, 1.165) is 12.0 Å². The molecule has 0 unspecified atom stereocenters. The number of ether oxygens (including phenoxy) is 4. The summed E-state index contributed by atoms with van der Waals surface area (Å²) in [4.78, 5) is 24.7. The predicted octanol–water partition coefficient (Wildman–Crippen LogP) is 3.53. The van der Waals surface area contributed by atoms with Crippen molar-refractivity contribution in [3.8, 4) is 17.2 Å². The van der Waals surface area contributed by atoms with Crippen LogP contribution in [-0.4, -0.2) is 38.8 Å². The molecule has 30 heavy (non-hydrogen) atoms. The van der Waals surface area contributed by atoms with Gasteiger partial charge in [0.2, 0.25) is 0 Å². The van der Waals surface area contributed by atoms with Crippen LogP contribution in [0.25, 0.3) is 0 Å². The predicted molar refractivity (Wildman–Crippen MR) is 111 cm³/mol. The molecule has 0 aliphatic carbocycles. The van der Waals surface area contributed by atoms with Crippen LogP contribution in [0.1, 0.15) is 42.2 Å². The lowest BCUT2D eigenvalue weighted by Gasteiger charge is -2.24. The first-order valence-corrected chi connectivity index (χ1v) is 9.98. The number of hydrogen-bond donors (Lipinski definition) is 1. The number of carbonyl (C=O) groups is 2. The van der Waals surface area contributed by atoms with Gasteiger partial charge in [0.05, 0.1) is 31.9 Å². The molecule has 0 saturated carbocycles. The van der Waals surface area contributed by atoms with Crippen molar-refractivity contribution >= 4 is 11.9 Å². The average molecular weight is 413 g/mol. The Morgan fingerprint density at radius 1 is 1.07 bits per heavy atom. The fourth-order valence-corrected chi connectivity index (χ4v) is 3.19. The lowest BCUT2D eigenvalue weighted by Crippen LogP contribution is -2.35. The molecule has 0 bridgehead atoms. The van der Waals surface area contributed by atoms with Crippen LogP contribution in [-0.2, 0) is 9.53 Å². The van der Waals surface area contributed by atoms with Crippen molar-refractivity contribution in [2.45, 2.75) is 26.3 Å². The minimum absolute atomic E-state index is 0.118. The highest BCUT2D eigenvalue weighted by atomic mass is 16.5. The largest absolute Gasteiger partial charge is 0.497 e. The lowest BCUT2D eigenvalue weighted by atomic mass is 9.95. The van der Waals surface area contributed by atoms with E-state index in [9.17, 15) is 9.59 Å². The van der Waals surface area contributed by atoms with E-state index in [2.05, 4.69) is 5.32 Å². The molecule has 0 spiro atoms. The zero-order valence-electron chi connectivity index (χ0n) is 17.5. The van der Waals surface area contributed by atoms with E-state index in [0.29, 0.717) is 36.0 Å². The maximum atomic E-state index is 12.5. The Balaban J connectivity index is 1.63. The molecule has 0 fully saturated rings. The molecule has 0 aromatic heterocycles. The molecule has 1 heterocycles. The van der Waals surface area contributed by atoms with Crippen molar-refractivity contribution in [2.75, 3.05) is 26.9 Å². The van der Waals surface area contributed by atoms with Crippen molar-refractivity contribution in [1.82, 2.24) is 5.32 Å². The average Bonchev–Trinajstić information content (AvgIpc) is 3.00. The third kappa shape index (κ3) is 5.43. The minimum atomic E-state index is -0.583. The van der Waals surface area contributed by atoms with Gasteiger partial charge in [-0.1, -0.05) is 26.0 Å². The summed E-state index contributed by atoms with van der Waals surface area (Å²) < 4.78 is 21.7. The van der Waals surface area contributed by atoms with Crippen LogP contribution in [0.15, 0.2) is 42.5 Å². The van der Waals surface area contributed by atoms with Crippen molar-refractivity contribution in [2.24, 2.45) is 5.92 Å². The first-order valence-electron chi connectivity index (χ1n) is 9.98. The van der Waals surface area contributed by atoms with Crippen molar-refractivity contribution in [3.05, 3.63) is 53.6 Å². The van der Waals surface area contributed by atoms with Crippen LogP contribution in [0.2, 0.25) is 0 Å².